The molecule has 1 atom stereocenters. The second kappa shape index (κ2) is 9.41. The molecule has 0 aromatic heterocycles. The van der Waals surface area contributed by atoms with Gasteiger partial charge in [-0.3, -0.25) is 9.69 Å². The van der Waals surface area contributed by atoms with Crippen LogP contribution in [-0.4, -0.2) is 41.7 Å². The van der Waals surface area contributed by atoms with Crippen LogP contribution in [0.5, 0.6) is 11.5 Å². The van der Waals surface area contributed by atoms with Crippen LogP contribution in [0.25, 0.3) is 0 Å². The van der Waals surface area contributed by atoms with Gasteiger partial charge in [0.05, 0.1) is 32.2 Å². The van der Waals surface area contributed by atoms with Crippen LogP contribution in [-0.2, 0) is 11.3 Å². The fourth-order valence-corrected chi connectivity index (χ4v) is 3.76. The zero-order chi connectivity index (χ0) is 19.9. The summed E-state index contributed by atoms with van der Waals surface area (Å²) in [5.41, 5.74) is 1.92. The lowest BCUT2D eigenvalue weighted by atomic mass is 10.2. The van der Waals surface area contributed by atoms with Crippen LogP contribution in [0.4, 0.5) is 0 Å². The minimum atomic E-state index is -0.117. The van der Waals surface area contributed by atoms with E-state index >= 15 is 0 Å². The van der Waals surface area contributed by atoms with Crippen molar-refractivity contribution in [1.29, 1.82) is 0 Å². The van der Waals surface area contributed by atoms with Gasteiger partial charge < -0.3 is 9.47 Å². The first-order valence-corrected chi connectivity index (χ1v) is 9.88. The molecule has 0 saturated carbocycles. The first kappa shape index (κ1) is 19.9. The minimum Gasteiger partial charge on any atom is -0.497 e. The van der Waals surface area contributed by atoms with Crippen molar-refractivity contribution in [3.63, 3.8) is 0 Å². The molecule has 1 amide bonds. The lowest BCUT2D eigenvalue weighted by Gasteiger charge is -2.16. The van der Waals surface area contributed by atoms with Gasteiger partial charge in [-0.25, -0.2) is 0 Å². The summed E-state index contributed by atoms with van der Waals surface area (Å²) in [6.07, 6.45) is 2.42. The SMILES string of the molecule is CCC1S/C(=N/N=C/c2ccc(OC)cc2)N(Cc2ccc(OC)cc2)C1=O. The van der Waals surface area contributed by atoms with Crippen molar-refractivity contribution < 1.29 is 14.3 Å². The molecule has 28 heavy (non-hydrogen) atoms. The molecule has 2 aromatic rings. The topological polar surface area (TPSA) is 63.5 Å². The summed E-state index contributed by atoms with van der Waals surface area (Å²) < 4.78 is 10.3. The van der Waals surface area contributed by atoms with E-state index in [1.807, 2.05) is 55.5 Å². The van der Waals surface area contributed by atoms with E-state index in [0.29, 0.717) is 11.7 Å². The largest absolute Gasteiger partial charge is 0.497 e. The van der Waals surface area contributed by atoms with E-state index in [0.717, 1.165) is 29.0 Å². The van der Waals surface area contributed by atoms with Crippen LogP contribution < -0.4 is 9.47 Å². The standard InChI is InChI=1S/C21H23N3O3S/c1-4-19-20(25)24(14-16-7-11-18(27-3)12-8-16)21(28-19)23-22-13-15-5-9-17(26-2)10-6-15/h5-13,19H,4,14H2,1-3H3/b22-13+,23-21+. The molecule has 1 saturated heterocycles. The molecule has 0 spiro atoms. The number of methoxy groups -OCH3 is 2. The number of carbonyl (C=O) groups excluding carboxylic acids is 1. The number of amides is 1. The molecule has 2 aromatic carbocycles. The van der Waals surface area contributed by atoms with Crippen LogP contribution in [0.1, 0.15) is 24.5 Å². The van der Waals surface area contributed by atoms with Crippen LogP contribution in [0.3, 0.4) is 0 Å². The Hall–Kier alpha value is -2.80. The Balaban J connectivity index is 1.76. The molecule has 3 rings (SSSR count). The Morgan fingerprint density at radius 2 is 1.64 bits per heavy atom. The zero-order valence-corrected chi connectivity index (χ0v) is 17.0. The van der Waals surface area contributed by atoms with Crippen molar-refractivity contribution in [1.82, 2.24) is 4.90 Å². The van der Waals surface area contributed by atoms with Crippen molar-refractivity contribution in [2.45, 2.75) is 25.1 Å². The number of ether oxygens (including phenoxy) is 2. The third-order valence-corrected chi connectivity index (χ3v) is 5.69. The van der Waals surface area contributed by atoms with Gasteiger partial charge in [-0.2, -0.15) is 5.10 Å². The van der Waals surface area contributed by atoms with Crippen molar-refractivity contribution in [3.8, 4) is 11.5 Å². The second-order valence-corrected chi connectivity index (χ2v) is 7.36. The minimum absolute atomic E-state index is 0.0710. The molecule has 1 heterocycles. The van der Waals surface area contributed by atoms with E-state index in [2.05, 4.69) is 10.2 Å². The van der Waals surface area contributed by atoms with Crippen molar-refractivity contribution in [3.05, 3.63) is 59.7 Å². The number of hydrogen-bond donors (Lipinski definition) is 0. The zero-order valence-electron chi connectivity index (χ0n) is 16.2. The van der Waals surface area contributed by atoms with Crippen molar-refractivity contribution in [2.75, 3.05) is 14.2 Å². The molecule has 7 heteroatoms. The van der Waals surface area contributed by atoms with E-state index < -0.39 is 0 Å². The second-order valence-electron chi connectivity index (χ2n) is 6.19. The third-order valence-electron chi connectivity index (χ3n) is 4.36. The summed E-state index contributed by atoms with van der Waals surface area (Å²) in [4.78, 5) is 14.4. The van der Waals surface area contributed by atoms with Crippen LogP contribution in [0, 0.1) is 0 Å². The Labute approximate surface area is 169 Å². The third kappa shape index (κ3) is 4.72. The molecule has 0 radical (unpaired) electrons. The Morgan fingerprint density at radius 1 is 1.04 bits per heavy atom. The van der Waals surface area contributed by atoms with Crippen molar-refractivity contribution in [2.24, 2.45) is 10.2 Å². The van der Waals surface area contributed by atoms with Gasteiger partial charge in [0.25, 0.3) is 0 Å². The maximum absolute atomic E-state index is 12.7. The summed E-state index contributed by atoms with van der Waals surface area (Å²) >= 11 is 1.46. The molecule has 0 bridgehead atoms. The maximum Gasteiger partial charge on any atom is 0.242 e. The van der Waals surface area contributed by atoms with E-state index in [4.69, 9.17) is 9.47 Å². The Morgan fingerprint density at radius 3 is 2.21 bits per heavy atom. The van der Waals surface area contributed by atoms with Crippen molar-refractivity contribution >= 4 is 29.1 Å². The highest BCUT2D eigenvalue weighted by Crippen LogP contribution is 2.31. The van der Waals surface area contributed by atoms with Gasteiger partial charge >= 0.3 is 0 Å². The maximum atomic E-state index is 12.7. The number of thioether (sulfide) groups is 1. The number of hydrogen-bond acceptors (Lipinski definition) is 6. The molecule has 6 nitrogen and oxygen atoms in total. The summed E-state index contributed by atoms with van der Waals surface area (Å²) in [7, 11) is 3.26. The summed E-state index contributed by atoms with van der Waals surface area (Å²) in [5.74, 6) is 1.65. The fourth-order valence-electron chi connectivity index (χ4n) is 2.74. The molecular formula is C21H23N3O3S. The summed E-state index contributed by atoms with van der Waals surface area (Å²) in [5, 5.41) is 9.01. The van der Waals surface area contributed by atoms with Gasteiger partial charge in [-0.05, 0) is 53.9 Å². The van der Waals surface area contributed by atoms with Crippen LogP contribution in [0.15, 0.2) is 58.7 Å². The quantitative estimate of drug-likeness (QED) is 0.524. The average molecular weight is 398 g/mol. The van der Waals surface area contributed by atoms with Gasteiger partial charge in [0, 0.05) is 0 Å². The molecule has 1 fully saturated rings. The highest BCUT2D eigenvalue weighted by molar-refractivity contribution is 8.15. The van der Waals surface area contributed by atoms with Crippen LogP contribution >= 0.6 is 11.8 Å². The number of benzene rings is 2. The summed E-state index contributed by atoms with van der Waals surface area (Å²) in [6.45, 7) is 2.47. The van der Waals surface area contributed by atoms with E-state index in [1.54, 1.807) is 25.3 Å². The number of nitrogens with zero attached hydrogens (tertiary/aromatic N) is 3. The lowest BCUT2D eigenvalue weighted by molar-refractivity contribution is -0.126. The van der Waals surface area contributed by atoms with E-state index in [9.17, 15) is 4.79 Å². The Kier molecular flexibility index (Phi) is 6.71. The predicted molar refractivity (Wildman–Crippen MR) is 113 cm³/mol. The molecule has 1 aliphatic heterocycles. The molecule has 1 unspecified atom stereocenters. The van der Waals surface area contributed by atoms with Gasteiger partial charge in [0.2, 0.25) is 5.91 Å². The van der Waals surface area contributed by atoms with E-state index in [-0.39, 0.29) is 11.2 Å². The highest BCUT2D eigenvalue weighted by atomic mass is 32.2. The van der Waals surface area contributed by atoms with Gasteiger partial charge in [-0.15, -0.1) is 5.10 Å². The molecule has 146 valence electrons. The molecular weight excluding hydrogens is 374 g/mol. The monoisotopic (exact) mass is 397 g/mol. The van der Waals surface area contributed by atoms with Gasteiger partial charge in [-0.1, -0.05) is 30.8 Å². The summed E-state index contributed by atoms with van der Waals surface area (Å²) in [6, 6.07) is 15.2. The first-order valence-electron chi connectivity index (χ1n) is 9.00. The number of carbonyl (C=O) groups is 1. The Bertz CT molecular complexity index is 863. The number of amidine groups is 1. The van der Waals surface area contributed by atoms with Crippen LogP contribution in [0.2, 0.25) is 0 Å². The molecule has 0 N–H and O–H groups in total. The smallest absolute Gasteiger partial charge is 0.242 e. The first-order chi connectivity index (χ1) is 13.6. The highest BCUT2D eigenvalue weighted by Gasteiger charge is 2.36. The average Bonchev–Trinajstić information content (AvgIpc) is 3.04. The fraction of sp³-hybridized carbons (Fsp3) is 0.286. The predicted octanol–water partition coefficient (Wildman–Crippen LogP) is 3.95. The lowest BCUT2D eigenvalue weighted by Crippen LogP contribution is -2.31. The molecule has 0 aliphatic carbocycles. The number of rotatable bonds is 7. The van der Waals surface area contributed by atoms with E-state index in [1.165, 1.54) is 11.8 Å². The van der Waals surface area contributed by atoms with Gasteiger partial charge in [0.1, 0.15) is 11.5 Å². The van der Waals surface area contributed by atoms with Gasteiger partial charge in [0.15, 0.2) is 5.17 Å². The normalized spacial score (nSPS) is 18.2. The molecule has 1 aliphatic rings.